The zero-order valence-electron chi connectivity index (χ0n) is 15.8. The fraction of sp³-hybridized carbons (Fsp3) is 0.682. The van der Waals surface area contributed by atoms with Gasteiger partial charge in [-0.05, 0) is 61.1 Å². The predicted molar refractivity (Wildman–Crippen MR) is 105 cm³/mol. The number of unbranched alkanes of at least 4 members (excludes halogenated alkanes) is 3. The molecule has 3 rings (SSSR count). The molecule has 0 aromatic heterocycles. The van der Waals surface area contributed by atoms with Crippen LogP contribution in [-0.4, -0.2) is 29.7 Å². The zero-order chi connectivity index (χ0) is 18.5. The number of hydrogen-bond donors (Lipinski definition) is 1. The van der Waals surface area contributed by atoms with Crippen LogP contribution < -0.4 is 0 Å². The quantitative estimate of drug-likeness (QED) is 0.403. The molecule has 1 aromatic rings. The number of hydrogen-bond acceptors (Lipinski definition) is 3. The summed E-state index contributed by atoms with van der Waals surface area (Å²) in [7, 11) is 1.44. The van der Waals surface area contributed by atoms with Gasteiger partial charge >= 0.3 is 5.97 Å². The van der Waals surface area contributed by atoms with E-state index in [9.17, 15) is 9.90 Å². The minimum Gasteiger partial charge on any atom is -0.469 e. The SMILES string of the molecule is COC(=O)CCCCCC[C@@H]1[C@@H](c2ccc3c(c2)CCC3)[C@H](O)C[C@@H]1Cl. The Kier molecular flexibility index (Phi) is 6.99. The number of ether oxygens (including phenoxy) is 1. The number of esters is 1. The highest BCUT2D eigenvalue weighted by atomic mass is 35.5. The lowest BCUT2D eigenvalue weighted by molar-refractivity contribution is -0.140. The number of alkyl halides is 1. The maximum Gasteiger partial charge on any atom is 0.305 e. The van der Waals surface area contributed by atoms with Crippen molar-refractivity contribution in [3.05, 3.63) is 34.9 Å². The maximum atomic E-state index is 11.1. The first-order valence-electron chi connectivity index (χ1n) is 10.1. The molecule has 1 N–H and O–H groups in total. The summed E-state index contributed by atoms with van der Waals surface area (Å²) in [6.07, 6.45) is 9.65. The molecule has 1 saturated carbocycles. The topological polar surface area (TPSA) is 46.5 Å². The molecule has 26 heavy (non-hydrogen) atoms. The van der Waals surface area contributed by atoms with Crippen molar-refractivity contribution in [2.45, 2.75) is 81.6 Å². The first kappa shape index (κ1) is 19.7. The third kappa shape index (κ3) is 4.61. The lowest BCUT2D eigenvalue weighted by Gasteiger charge is -2.24. The molecule has 1 aromatic carbocycles. The highest BCUT2D eigenvalue weighted by Gasteiger charge is 2.42. The Morgan fingerprint density at radius 1 is 1.19 bits per heavy atom. The Bertz CT molecular complexity index is 615. The molecule has 2 aliphatic rings. The number of aliphatic hydroxyl groups is 1. The number of aryl methyl sites for hydroxylation is 2. The van der Waals surface area contributed by atoms with Gasteiger partial charge in [0, 0.05) is 17.7 Å². The van der Waals surface area contributed by atoms with Crippen LogP contribution in [0.1, 0.15) is 74.0 Å². The van der Waals surface area contributed by atoms with Gasteiger partial charge in [-0.15, -0.1) is 11.6 Å². The average molecular weight is 379 g/mol. The van der Waals surface area contributed by atoms with Crippen molar-refractivity contribution in [3.63, 3.8) is 0 Å². The monoisotopic (exact) mass is 378 g/mol. The minimum atomic E-state index is -0.332. The number of carbonyl (C=O) groups is 1. The van der Waals surface area contributed by atoms with Crippen molar-refractivity contribution in [3.8, 4) is 0 Å². The van der Waals surface area contributed by atoms with Crippen LogP contribution in [0.15, 0.2) is 18.2 Å². The molecule has 0 saturated heterocycles. The van der Waals surface area contributed by atoms with Crippen LogP contribution in [0.4, 0.5) is 0 Å². The highest BCUT2D eigenvalue weighted by Crippen LogP contribution is 2.46. The molecule has 0 spiro atoms. The normalized spacial score (nSPS) is 27.5. The van der Waals surface area contributed by atoms with Crippen LogP contribution in [0, 0.1) is 5.92 Å². The Hall–Kier alpha value is -1.06. The molecule has 0 amide bonds. The molecule has 4 heteroatoms. The van der Waals surface area contributed by atoms with Crippen LogP contribution in [0.2, 0.25) is 0 Å². The van der Waals surface area contributed by atoms with E-state index < -0.39 is 0 Å². The van der Waals surface area contributed by atoms with Gasteiger partial charge in [-0.2, -0.15) is 0 Å². The lowest BCUT2D eigenvalue weighted by Crippen LogP contribution is -2.19. The van der Waals surface area contributed by atoms with Gasteiger partial charge in [0.05, 0.1) is 13.2 Å². The molecule has 144 valence electrons. The largest absolute Gasteiger partial charge is 0.469 e. The Labute approximate surface area is 162 Å². The molecule has 4 atom stereocenters. The van der Waals surface area contributed by atoms with E-state index in [4.69, 9.17) is 11.6 Å². The van der Waals surface area contributed by atoms with Crippen molar-refractivity contribution < 1.29 is 14.6 Å². The number of aliphatic hydroxyl groups excluding tert-OH is 1. The molecule has 0 aliphatic heterocycles. The van der Waals surface area contributed by atoms with Crippen molar-refractivity contribution in [1.29, 1.82) is 0 Å². The first-order valence-corrected chi connectivity index (χ1v) is 10.5. The van der Waals surface area contributed by atoms with Crippen molar-refractivity contribution in [1.82, 2.24) is 0 Å². The van der Waals surface area contributed by atoms with E-state index in [2.05, 4.69) is 22.9 Å². The number of carbonyl (C=O) groups excluding carboxylic acids is 1. The molecular formula is C22H31ClO3. The average Bonchev–Trinajstić information content (AvgIpc) is 3.20. The second-order valence-electron chi connectivity index (χ2n) is 7.92. The van der Waals surface area contributed by atoms with E-state index in [0.29, 0.717) is 18.8 Å². The number of benzene rings is 1. The number of halogens is 1. The Morgan fingerprint density at radius 2 is 1.96 bits per heavy atom. The molecule has 0 bridgehead atoms. The molecule has 0 radical (unpaired) electrons. The Morgan fingerprint density at radius 3 is 2.77 bits per heavy atom. The van der Waals surface area contributed by atoms with Crippen molar-refractivity contribution in [2.75, 3.05) is 7.11 Å². The third-order valence-corrected chi connectivity index (χ3v) is 6.71. The Balaban J connectivity index is 1.54. The minimum absolute atomic E-state index is 0.0540. The third-order valence-electron chi connectivity index (χ3n) is 6.21. The lowest BCUT2D eigenvalue weighted by atomic mass is 9.83. The molecule has 2 aliphatic carbocycles. The maximum absolute atomic E-state index is 11.1. The van der Waals surface area contributed by atoms with Gasteiger partial charge in [-0.25, -0.2) is 0 Å². The first-order chi connectivity index (χ1) is 12.6. The summed E-state index contributed by atoms with van der Waals surface area (Å²) in [5.74, 6) is 0.381. The van der Waals surface area contributed by atoms with Gasteiger partial charge in [0.2, 0.25) is 0 Å². The van der Waals surface area contributed by atoms with E-state index >= 15 is 0 Å². The standard InChI is InChI=1S/C22H31ClO3/c1-26-21(25)10-5-3-2-4-9-18-19(23)14-20(24)22(18)17-12-11-15-7-6-8-16(15)13-17/h11-13,18-20,22,24H,2-10,14H2,1H3/t18-,19-,20+,22+/m0/s1. The summed E-state index contributed by atoms with van der Waals surface area (Å²) in [6.45, 7) is 0. The molecule has 0 unspecified atom stereocenters. The van der Waals surface area contributed by atoms with Crippen LogP contribution in [-0.2, 0) is 22.4 Å². The van der Waals surface area contributed by atoms with Crippen LogP contribution in [0.5, 0.6) is 0 Å². The van der Waals surface area contributed by atoms with Crippen LogP contribution >= 0.6 is 11.6 Å². The van der Waals surface area contributed by atoms with E-state index in [1.165, 1.54) is 43.1 Å². The predicted octanol–water partition coefficient (Wildman–Crippen LogP) is 4.76. The number of methoxy groups -OCH3 is 1. The van der Waals surface area contributed by atoms with Gasteiger partial charge in [0.1, 0.15) is 0 Å². The highest BCUT2D eigenvalue weighted by molar-refractivity contribution is 6.21. The summed E-state index contributed by atoms with van der Waals surface area (Å²) in [5.41, 5.74) is 4.22. The number of fused-ring (bicyclic) bond motifs is 1. The van der Waals surface area contributed by atoms with Gasteiger partial charge in [0.25, 0.3) is 0 Å². The summed E-state index contributed by atoms with van der Waals surface area (Å²) < 4.78 is 4.67. The summed E-state index contributed by atoms with van der Waals surface area (Å²) in [5, 5.41) is 10.7. The second kappa shape index (κ2) is 9.23. The molecule has 3 nitrogen and oxygen atoms in total. The number of rotatable bonds is 8. The van der Waals surface area contributed by atoms with Gasteiger partial charge in [-0.1, -0.05) is 37.5 Å². The smallest absolute Gasteiger partial charge is 0.305 e. The summed E-state index contributed by atoms with van der Waals surface area (Å²) in [4.78, 5) is 11.1. The fourth-order valence-electron chi connectivity index (χ4n) is 4.80. The van der Waals surface area contributed by atoms with Gasteiger partial charge in [-0.3, -0.25) is 4.79 Å². The van der Waals surface area contributed by atoms with E-state index in [1.54, 1.807) is 0 Å². The zero-order valence-corrected chi connectivity index (χ0v) is 16.5. The molecular weight excluding hydrogens is 348 g/mol. The van der Waals surface area contributed by atoms with Crippen molar-refractivity contribution >= 4 is 17.6 Å². The summed E-state index contributed by atoms with van der Waals surface area (Å²) >= 11 is 6.61. The van der Waals surface area contributed by atoms with Gasteiger partial charge < -0.3 is 9.84 Å². The molecule has 0 heterocycles. The van der Waals surface area contributed by atoms with Crippen LogP contribution in [0.25, 0.3) is 0 Å². The van der Waals surface area contributed by atoms with Crippen molar-refractivity contribution in [2.24, 2.45) is 5.92 Å². The molecule has 1 fully saturated rings. The van der Waals surface area contributed by atoms with E-state index in [0.717, 1.165) is 32.1 Å². The van der Waals surface area contributed by atoms with E-state index in [1.807, 2.05) is 0 Å². The van der Waals surface area contributed by atoms with Gasteiger partial charge in [0.15, 0.2) is 0 Å². The fourth-order valence-corrected chi connectivity index (χ4v) is 5.26. The summed E-state index contributed by atoms with van der Waals surface area (Å²) in [6, 6.07) is 6.81. The van der Waals surface area contributed by atoms with Crippen LogP contribution in [0.3, 0.4) is 0 Å². The second-order valence-corrected chi connectivity index (χ2v) is 8.48. The van der Waals surface area contributed by atoms with E-state index in [-0.39, 0.29) is 23.4 Å².